The topological polar surface area (TPSA) is 21.3 Å². The molecule has 90 valence electrons. The standard InChI is InChI=1S/C12H17F2NO/c1-3-15-9(2)7-8-16-12-10(13)5-4-6-11(12)14/h4-6,9,15H,3,7-8H2,1-2H3. The molecule has 0 amide bonds. The summed E-state index contributed by atoms with van der Waals surface area (Å²) in [6.07, 6.45) is 0.710. The molecule has 0 aliphatic rings. The molecule has 0 spiro atoms. The molecule has 0 bridgehead atoms. The van der Waals surface area contributed by atoms with Crippen LogP contribution >= 0.6 is 0 Å². The molecule has 2 nitrogen and oxygen atoms in total. The molecule has 0 fully saturated rings. The summed E-state index contributed by atoms with van der Waals surface area (Å²) in [5.74, 6) is -1.60. The third-order valence-electron chi connectivity index (χ3n) is 2.27. The molecule has 1 rings (SSSR count). The van der Waals surface area contributed by atoms with Crippen molar-refractivity contribution in [2.24, 2.45) is 0 Å². The first-order valence-electron chi connectivity index (χ1n) is 5.45. The van der Waals surface area contributed by atoms with Gasteiger partial charge in [-0.1, -0.05) is 13.0 Å². The van der Waals surface area contributed by atoms with Gasteiger partial charge < -0.3 is 10.1 Å². The van der Waals surface area contributed by atoms with Gasteiger partial charge >= 0.3 is 0 Å². The molecule has 0 aliphatic heterocycles. The van der Waals surface area contributed by atoms with Crippen LogP contribution < -0.4 is 10.1 Å². The van der Waals surface area contributed by atoms with Crippen molar-refractivity contribution in [1.82, 2.24) is 5.32 Å². The van der Waals surface area contributed by atoms with Gasteiger partial charge in [0.05, 0.1) is 6.61 Å². The van der Waals surface area contributed by atoms with E-state index in [9.17, 15) is 8.78 Å². The van der Waals surface area contributed by atoms with E-state index in [1.165, 1.54) is 18.2 Å². The Bertz CT molecular complexity index is 311. The maximum Gasteiger partial charge on any atom is 0.190 e. The Morgan fingerprint density at radius 3 is 2.50 bits per heavy atom. The fourth-order valence-electron chi connectivity index (χ4n) is 1.41. The van der Waals surface area contributed by atoms with E-state index in [0.717, 1.165) is 6.54 Å². The van der Waals surface area contributed by atoms with Gasteiger partial charge in [-0.25, -0.2) is 8.78 Å². The van der Waals surface area contributed by atoms with Crippen LogP contribution in [-0.4, -0.2) is 19.2 Å². The fourth-order valence-corrected chi connectivity index (χ4v) is 1.41. The van der Waals surface area contributed by atoms with Crippen molar-refractivity contribution in [3.8, 4) is 5.75 Å². The Labute approximate surface area is 94.6 Å². The third kappa shape index (κ3) is 3.77. The maximum absolute atomic E-state index is 13.1. The Morgan fingerprint density at radius 1 is 1.31 bits per heavy atom. The maximum atomic E-state index is 13.1. The number of hydrogen-bond donors (Lipinski definition) is 1. The molecule has 1 N–H and O–H groups in total. The van der Waals surface area contributed by atoms with Gasteiger partial charge in [-0.15, -0.1) is 0 Å². The molecule has 0 heterocycles. The van der Waals surface area contributed by atoms with Gasteiger partial charge in [-0.2, -0.15) is 0 Å². The fraction of sp³-hybridized carbons (Fsp3) is 0.500. The lowest BCUT2D eigenvalue weighted by atomic mass is 10.2. The Balaban J connectivity index is 2.43. The highest BCUT2D eigenvalue weighted by molar-refractivity contribution is 5.25. The first-order chi connectivity index (χ1) is 7.65. The van der Waals surface area contributed by atoms with Crippen LogP contribution in [0.1, 0.15) is 20.3 Å². The second kappa shape index (κ2) is 6.43. The van der Waals surface area contributed by atoms with E-state index in [2.05, 4.69) is 5.32 Å². The van der Waals surface area contributed by atoms with Gasteiger partial charge in [0.25, 0.3) is 0 Å². The number of benzene rings is 1. The summed E-state index contributed by atoms with van der Waals surface area (Å²) in [7, 11) is 0. The summed E-state index contributed by atoms with van der Waals surface area (Å²) in [4.78, 5) is 0. The van der Waals surface area contributed by atoms with Crippen LogP contribution in [0.2, 0.25) is 0 Å². The molecule has 0 saturated carbocycles. The molecule has 0 aromatic heterocycles. The molecule has 1 atom stereocenters. The number of hydrogen-bond acceptors (Lipinski definition) is 2. The highest BCUT2D eigenvalue weighted by Crippen LogP contribution is 2.20. The van der Waals surface area contributed by atoms with Crippen LogP contribution in [0, 0.1) is 11.6 Å². The van der Waals surface area contributed by atoms with Crippen molar-refractivity contribution in [1.29, 1.82) is 0 Å². The van der Waals surface area contributed by atoms with Crippen LogP contribution in [0.4, 0.5) is 8.78 Å². The molecule has 0 radical (unpaired) electrons. The van der Waals surface area contributed by atoms with Crippen LogP contribution in [0.3, 0.4) is 0 Å². The van der Waals surface area contributed by atoms with Gasteiger partial charge in [-0.3, -0.25) is 0 Å². The lowest BCUT2D eigenvalue weighted by Gasteiger charge is -2.13. The Kier molecular flexibility index (Phi) is 5.19. The quantitative estimate of drug-likeness (QED) is 0.809. The SMILES string of the molecule is CCNC(C)CCOc1c(F)cccc1F. The zero-order chi connectivity index (χ0) is 12.0. The van der Waals surface area contributed by atoms with E-state index in [-0.39, 0.29) is 11.8 Å². The van der Waals surface area contributed by atoms with E-state index >= 15 is 0 Å². The highest BCUT2D eigenvalue weighted by atomic mass is 19.1. The summed E-state index contributed by atoms with van der Waals surface area (Å²) in [6.45, 7) is 5.18. The van der Waals surface area contributed by atoms with E-state index in [4.69, 9.17) is 4.74 Å². The number of rotatable bonds is 6. The Hall–Kier alpha value is -1.16. The molecule has 1 aromatic carbocycles. The minimum absolute atomic E-state index is 0.278. The second-order valence-electron chi connectivity index (χ2n) is 3.65. The van der Waals surface area contributed by atoms with Crippen molar-refractivity contribution >= 4 is 0 Å². The molecule has 16 heavy (non-hydrogen) atoms. The zero-order valence-corrected chi connectivity index (χ0v) is 9.59. The van der Waals surface area contributed by atoms with E-state index < -0.39 is 11.6 Å². The smallest absolute Gasteiger partial charge is 0.190 e. The number of ether oxygens (including phenoxy) is 1. The summed E-state index contributed by atoms with van der Waals surface area (Å²) >= 11 is 0. The average Bonchev–Trinajstić information content (AvgIpc) is 2.23. The third-order valence-corrected chi connectivity index (χ3v) is 2.27. The Morgan fingerprint density at radius 2 is 1.94 bits per heavy atom. The molecule has 1 unspecified atom stereocenters. The lowest BCUT2D eigenvalue weighted by Crippen LogP contribution is -2.27. The van der Waals surface area contributed by atoms with E-state index in [0.29, 0.717) is 13.0 Å². The number of para-hydroxylation sites is 1. The first-order valence-corrected chi connectivity index (χ1v) is 5.45. The van der Waals surface area contributed by atoms with Crippen LogP contribution in [0.25, 0.3) is 0 Å². The molecule has 4 heteroatoms. The number of halogens is 2. The summed E-state index contributed by atoms with van der Waals surface area (Å²) in [5.41, 5.74) is 0. The normalized spacial score (nSPS) is 12.5. The summed E-state index contributed by atoms with van der Waals surface area (Å²) in [6, 6.07) is 3.97. The van der Waals surface area contributed by atoms with Crippen molar-refractivity contribution < 1.29 is 13.5 Å². The van der Waals surface area contributed by atoms with Crippen molar-refractivity contribution in [3.63, 3.8) is 0 Å². The van der Waals surface area contributed by atoms with Crippen molar-refractivity contribution in [2.45, 2.75) is 26.3 Å². The van der Waals surface area contributed by atoms with Gasteiger partial charge in [0.15, 0.2) is 17.4 Å². The minimum Gasteiger partial charge on any atom is -0.488 e. The summed E-state index contributed by atoms with van der Waals surface area (Å²) in [5, 5.41) is 3.19. The van der Waals surface area contributed by atoms with Crippen LogP contribution in [-0.2, 0) is 0 Å². The van der Waals surface area contributed by atoms with Crippen LogP contribution in [0.5, 0.6) is 5.75 Å². The van der Waals surface area contributed by atoms with E-state index in [1.54, 1.807) is 0 Å². The van der Waals surface area contributed by atoms with Gasteiger partial charge in [0.1, 0.15) is 0 Å². The highest BCUT2D eigenvalue weighted by Gasteiger charge is 2.09. The van der Waals surface area contributed by atoms with Gasteiger partial charge in [-0.05, 0) is 32.0 Å². The minimum atomic E-state index is -0.656. The predicted molar refractivity (Wildman–Crippen MR) is 59.6 cm³/mol. The average molecular weight is 229 g/mol. The lowest BCUT2D eigenvalue weighted by molar-refractivity contribution is 0.265. The predicted octanol–water partition coefficient (Wildman–Crippen LogP) is 2.73. The van der Waals surface area contributed by atoms with Gasteiger partial charge in [0.2, 0.25) is 0 Å². The van der Waals surface area contributed by atoms with Crippen molar-refractivity contribution in [3.05, 3.63) is 29.8 Å². The molecular formula is C12H17F2NO. The molecule has 0 saturated heterocycles. The number of nitrogens with one attached hydrogen (secondary N) is 1. The monoisotopic (exact) mass is 229 g/mol. The van der Waals surface area contributed by atoms with E-state index in [1.807, 2.05) is 13.8 Å². The van der Waals surface area contributed by atoms with Crippen LogP contribution in [0.15, 0.2) is 18.2 Å². The largest absolute Gasteiger partial charge is 0.488 e. The second-order valence-corrected chi connectivity index (χ2v) is 3.65. The molecule has 0 aliphatic carbocycles. The molecule has 1 aromatic rings. The first kappa shape index (κ1) is 12.9. The summed E-state index contributed by atoms with van der Waals surface area (Å²) < 4.78 is 31.4. The molecular weight excluding hydrogens is 212 g/mol. The zero-order valence-electron chi connectivity index (χ0n) is 9.59. The van der Waals surface area contributed by atoms with Gasteiger partial charge in [0, 0.05) is 6.04 Å². The van der Waals surface area contributed by atoms with Crippen molar-refractivity contribution in [2.75, 3.05) is 13.2 Å².